The molecule has 0 aliphatic heterocycles. The average molecular weight is 336 g/mol. The summed E-state index contributed by atoms with van der Waals surface area (Å²) in [6.07, 6.45) is 3.19. The van der Waals surface area contributed by atoms with E-state index >= 15 is 0 Å². The molecule has 2 atom stereocenters. The van der Waals surface area contributed by atoms with Gasteiger partial charge in [0.25, 0.3) is 5.69 Å². The molecule has 0 bridgehead atoms. The number of benzene rings is 1. The van der Waals surface area contributed by atoms with E-state index in [1.165, 1.54) is 24.3 Å². The molecule has 0 heterocycles. The molecule has 9 heteroatoms. The maximum Gasteiger partial charge on any atom is 0.269 e. The van der Waals surface area contributed by atoms with Gasteiger partial charge in [-0.15, -0.1) is 12.4 Å². The monoisotopic (exact) mass is 335 g/mol. The van der Waals surface area contributed by atoms with Gasteiger partial charge in [0.2, 0.25) is 10.0 Å². The molecule has 0 amide bonds. The van der Waals surface area contributed by atoms with E-state index in [4.69, 9.17) is 5.73 Å². The second-order valence-corrected chi connectivity index (χ2v) is 6.71. The van der Waals surface area contributed by atoms with Crippen LogP contribution in [0.2, 0.25) is 0 Å². The van der Waals surface area contributed by atoms with Crippen molar-refractivity contribution < 1.29 is 13.3 Å². The van der Waals surface area contributed by atoms with E-state index in [9.17, 15) is 18.5 Å². The topological polar surface area (TPSA) is 115 Å². The predicted octanol–water partition coefficient (Wildman–Crippen LogP) is 1.56. The van der Waals surface area contributed by atoms with Crippen LogP contribution < -0.4 is 10.5 Å². The van der Waals surface area contributed by atoms with Crippen LogP contribution in [0.25, 0.3) is 0 Å². The van der Waals surface area contributed by atoms with E-state index in [-0.39, 0.29) is 35.1 Å². The summed E-state index contributed by atoms with van der Waals surface area (Å²) in [6.45, 7) is 0. The average Bonchev–Trinajstić information content (AvgIpc) is 2.38. The number of nitrogens with one attached hydrogen (secondary N) is 1. The summed E-state index contributed by atoms with van der Waals surface area (Å²) in [5.74, 6) is 0. The van der Waals surface area contributed by atoms with Crippen molar-refractivity contribution in [2.75, 3.05) is 0 Å². The zero-order valence-corrected chi connectivity index (χ0v) is 12.9. The molecule has 3 N–H and O–H groups in total. The van der Waals surface area contributed by atoms with Crippen LogP contribution in [0.4, 0.5) is 5.69 Å². The van der Waals surface area contributed by atoms with Crippen molar-refractivity contribution in [3.8, 4) is 0 Å². The summed E-state index contributed by atoms with van der Waals surface area (Å²) in [6, 6.07) is 4.70. The highest BCUT2D eigenvalue weighted by atomic mass is 35.5. The van der Waals surface area contributed by atoms with Crippen LogP contribution in [0.15, 0.2) is 29.2 Å². The summed E-state index contributed by atoms with van der Waals surface area (Å²) in [4.78, 5) is 10.0. The van der Waals surface area contributed by atoms with Crippen molar-refractivity contribution in [2.45, 2.75) is 42.7 Å². The van der Waals surface area contributed by atoms with Gasteiger partial charge in [0, 0.05) is 24.2 Å². The first-order valence-corrected chi connectivity index (χ1v) is 7.89. The number of hydrogen-bond donors (Lipinski definition) is 2. The van der Waals surface area contributed by atoms with Crippen LogP contribution >= 0.6 is 12.4 Å². The molecule has 2 rings (SSSR count). The van der Waals surface area contributed by atoms with E-state index in [0.717, 1.165) is 19.3 Å². The minimum Gasteiger partial charge on any atom is -0.328 e. The Morgan fingerprint density at radius 1 is 1.24 bits per heavy atom. The third kappa shape index (κ3) is 4.63. The Morgan fingerprint density at radius 3 is 2.38 bits per heavy atom. The Morgan fingerprint density at radius 2 is 1.86 bits per heavy atom. The number of nitrogens with zero attached hydrogens (tertiary/aromatic N) is 1. The van der Waals surface area contributed by atoms with E-state index in [1.54, 1.807) is 0 Å². The third-order valence-corrected chi connectivity index (χ3v) is 4.93. The van der Waals surface area contributed by atoms with Gasteiger partial charge in [-0.2, -0.15) is 0 Å². The molecular weight excluding hydrogens is 318 g/mol. The quantitative estimate of drug-likeness (QED) is 0.640. The molecule has 0 radical (unpaired) electrons. The molecule has 1 aromatic carbocycles. The standard InChI is InChI=1S/C12H17N3O4S.ClH/c13-9-2-1-3-10(8-9)14-20(18,19)12-6-4-11(5-7-12)15(16)17;/h4-7,9-10,14H,1-3,8,13H2;1H. The first kappa shape index (κ1) is 17.8. The van der Waals surface area contributed by atoms with Gasteiger partial charge in [-0.25, -0.2) is 13.1 Å². The number of sulfonamides is 1. The largest absolute Gasteiger partial charge is 0.328 e. The summed E-state index contributed by atoms with van der Waals surface area (Å²) < 4.78 is 26.9. The second-order valence-electron chi connectivity index (χ2n) is 5.00. The van der Waals surface area contributed by atoms with Gasteiger partial charge in [0.05, 0.1) is 9.82 Å². The molecule has 2 unspecified atom stereocenters. The van der Waals surface area contributed by atoms with Crippen LogP contribution in [-0.2, 0) is 10.0 Å². The van der Waals surface area contributed by atoms with Crippen LogP contribution in [0.5, 0.6) is 0 Å². The zero-order chi connectivity index (χ0) is 14.8. The van der Waals surface area contributed by atoms with Crippen molar-refractivity contribution in [3.63, 3.8) is 0 Å². The Kier molecular flexibility index (Phi) is 6.09. The smallest absolute Gasteiger partial charge is 0.269 e. The fourth-order valence-corrected chi connectivity index (χ4v) is 3.65. The summed E-state index contributed by atoms with van der Waals surface area (Å²) in [7, 11) is -3.65. The molecule has 1 saturated carbocycles. The van der Waals surface area contributed by atoms with Crippen LogP contribution in [-0.4, -0.2) is 25.4 Å². The first-order valence-electron chi connectivity index (χ1n) is 6.41. The van der Waals surface area contributed by atoms with Gasteiger partial charge in [-0.1, -0.05) is 6.42 Å². The van der Waals surface area contributed by atoms with E-state index < -0.39 is 14.9 Å². The number of rotatable bonds is 4. The highest BCUT2D eigenvalue weighted by molar-refractivity contribution is 7.89. The molecule has 0 aromatic heterocycles. The number of nitro benzene ring substituents is 1. The van der Waals surface area contributed by atoms with Gasteiger partial charge in [-0.05, 0) is 31.4 Å². The maximum absolute atomic E-state index is 12.2. The number of halogens is 1. The molecule has 7 nitrogen and oxygen atoms in total. The predicted molar refractivity (Wildman–Crippen MR) is 80.9 cm³/mol. The Hall–Kier alpha value is -1.22. The fourth-order valence-electron chi connectivity index (χ4n) is 2.37. The summed E-state index contributed by atoms with van der Waals surface area (Å²) in [5.41, 5.74) is 5.69. The Balaban J connectivity index is 0.00000220. The molecule has 1 aliphatic carbocycles. The van der Waals surface area contributed by atoms with Crippen molar-refractivity contribution in [3.05, 3.63) is 34.4 Å². The lowest BCUT2D eigenvalue weighted by Crippen LogP contribution is -2.42. The zero-order valence-electron chi connectivity index (χ0n) is 11.3. The molecule has 1 aliphatic rings. The van der Waals surface area contributed by atoms with Crippen molar-refractivity contribution in [1.82, 2.24) is 4.72 Å². The Labute approximate surface area is 129 Å². The first-order chi connectivity index (χ1) is 9.38. The van der Waals surface area contributed by atoms with Gasteiger partial charge >= 0.3 is 0 Å². The number of non-ortho nitro benzene ring substituents is 1. The summed E-state index contributed by atoms with van der Waals surface area (Å²) in [5, 5.41) is 10.5. The maximum atomic E-state index is 12.2. The van der Waals surface area contributed by atoms with Gasteiger partial charge in [0.1, 0.15) is 0 Å². The highest BCUT2D eigenvalue weighted by Crippen LogP contribution is 2.20. The molecule has 0 saturated heterocycles. The SMILES string of the molecule is Cl.NC1CCCC(NS(=O)(=O)c2ccc([N+](=O)[O-])cc2)C1. The fraction of sp³-hybridized carbons (Fsp3) is 0.500. The number of hydrogen-bond acceptors (Lipinski definition) is 5. The summed E-state index contributed by atoms with van der Waals surface area (Å²) >= 11 is 0. The molecule has 21 heavy (non-hydrogen) atoms. The van der Waals surface area contributed by atoms with Crippen molar-refractivity contribution >= 4 is 28.1 Å². The second kappa shape index (κ2) is 7.17. The van der Waals surface area contributed by atoms with Crippen molar-refractivity contribution in [1.29, 1.82) is 0 Å². The van der Waals surface area contributed by atoms with Gasteiger partial charge in [-0.3, -0.25) is 10.1 Å². The number of nitro groups is 1. The van der Waals surface area contributed by atoms with E-state index in [0.29, 0.717) is 6.42 Å². The van der Waals surface area contributed by atoms with E-state index in [2.05, 4.69) is 4.72 Å². The normalized spacial score (nSPS) is 22.3. The Bertz CT molecular complexity index is 591. The highest BCUT2D eigenvalue weighted by Gasteiger charge is 2.25. The molecule has 118 valence electrons. The third-order valence-electron chi connectivity index (χ3n) is 3.39. The molecular formula is C12H18ClN3O4S. The lowest BCUT2D eigenvalue weighted by atomic mass is 9.92. The minimum absolute atomic E-state index is 0. The van der Waals surface area contributed by atoms with E-state index in [1.807, 2.05) is 0 Å². The lowest BCUT2D eigenvalue weighted by molar-refractivity contribution is -0.384. The van der Waals surface area contributed by atoms with Gasteiger partial charge < -0.3 is 5.73 Å². The minimum atomic E-state index is -3.65. The molecule has 1 aromatic rings. The molecule has 1 fully saturated rings. The van der Waals surface area contributed by atoms with Crippen LogP contribution in [0.1, 0.15) is 25.7 Å². The van der Waals surface area contributed by atoms with Gasteiger partial charge in [0.15, 0.2) is 0 Å². The van der Waals surface area contributed by atoms with Crippen LogP contribution in [0, 0.1) is 10.1 Å². The molecule has 0 spiro atoms. The number of nitrogens with two attached hydrogens (primary N) is 1. The lowest BCUT2D eigenvalue weighted by Gasteiger charge is -2.27. The van der Waals surface area contributed by atoms with Crippen molar-refractivity contribution in [2.24, 2.45) is 5.73 Å². The van der Waals surface area contributed by atoms with Crippen LogP contribution in [0.3, 0.4) is 0 Å².